The Morgan fingerprint density at radius 2 is 0.750 bits per heavy atom. The van der Waals surface area contributed by atoms with Gasteiger partial charge in [-0.1, -0.05) is 171 Å². The number of rotatable bonds is 8. The molecule has 1 aliphatic carbocycles. The predicted octanol–water partition coefficient (Wildman–Crippen LogP) is 16.3. The predicted molar refractivity (Wildman–Crippen MR) is 248 cm³/mol. The number of benzene rings is 8. The molecular weight excluding hydrogens is 884 g/mol. The molecule has 0 aliphatic heterocycles. The molecule has 1 fully saturated rings. The van der Waals surface area contributed by atoms with Crippen molar-refractivity contribution in [1.29, 1.82) is 0 Å². The second-order valence-corrected chi connectivity index (χ2v) is 17.5. The van der Waals surface area contributed by atoms with Gasteiger partial charge in [0.25, 0.3) is 0 Å². The van der Waals surface area contributed by atoms with E-state index in [-0.39, 0.29) is 40.7 Å². The van der Waals surface area contributed by atoms with Gasteiger partial charge < -0.3 is 10.2 Å². The first-order chi connectivity index (χ1) is 30.1. The van der Waals surface area contributed by atoms with E-state index in [4.69, 9.17) is 9.98 Å². The fraction of sp³-hybridized carbons (Fsp3) is 0.115. The molecule has 1 radical (unpaired) electrons. The number of fused-ring (bicyclic) bond motifs is 2. The third-order valence-corrected chi connectivity index (χ3v) is 11.2. The molecule has 8 aromatic rings. The standard InChI is InChI=1S/C52H42N2O2.F6P.Mn/c55-51-39(31-37-21-7-9-25-43(37)49(51)45-27-13-11-23-41(45)35-17-3-1-4-18-35)33-53-47-29-15-16-30-48(47)54-34-40-32-38-22-8-10-26-44(38)50(52(40)56)46-28-14-12-24-42(46)36-19-5-2-6-20-36;1-7(2,3,4,5)6;/h1-14,17-28,31-34,47-48,55-56H,15-16,29-30H2;;/q;-1;/t47-,48+;;. The van der Waals surface area contributed by atoms with Crippen molar-refractivity contribution in [2.45, 2.75) is 37.8 Å². The average molecular weight is 927 g/mol. The van der Waals surface area contributed by atoms with Crippen LogP contribution < -0.4 is 0 Å². The third-order valence-electron chi connectivity index (χ3n) is 11.2. The van der Waals surface area contributed by atoms with Crippen LogP contribution >= 0.6 is 7.81 Å². The molecule has 0 aromatic heterocycles. The van der Waals surface area contributed by atoms with Gasteiger partial charge in [-0.25, -0.2) is 0 Å². The van der Waals surface area contributed by atoms with E-state index in [0.717, 1.165) is 91.7 Å². The molecule has 0 saturated heterocycles. The summed E-state index contributed by atoms with van der Waals surface area (Å²) >= 11 is 0. The number of aliphatic imine (C=N–C) groups is 2. The van der Waals surface area contributed by atoms with E-state index in [2.05, 4.69) is 72.8 Å². The zero-order chi connectivity index (χ0) is 44.3. The van der Waals surface area contributed by atoms with E-state index in [1.54, 1.807) is 0 Å². The second-order valence-electron chi connectivity index (χ2n) is 15.6. The van der Waals surface area contributed by atoms with Crippen molar-refractivity contribution in [3.8, 4) is 56.0 Å². The molecule has 4 nitrogen and oxygen atoms in total. The van der Waals surface area contributed by atoms with Gasteiger partial charge in [-0.15, -0.1) is 0 Å². The van der Waals surface area contributed by atoms with E-state index in [1.807, 2.05) is 109 Å². The normalized spacial score (nSPS) is 16.5. The van der Waals surface area contributed by atoms with Crippen LogP contribution in [0.3, 0.4) is 0 Å². The van der Waals surface area contributed by atoms with Crippen LogP contribution in [0.2, 0.25) is 0 Å². The van der Waals surface area contributed by atoms with Crippen LogP contribution in [0.5, 0.6) is 11.5 Å². The Hall–Kier alpha value is -6.25. The van der Waals surface area contributed by atoms with Crippen LogP contribution in [0.1, 0.15) is 36.8 Å². The molecule has 64 heavy (non-hydrogen) atoms. The number of phenols is 2. The number of hydrogen-bond donors (Lipinski definition) is 2. The molecule has 0 amide bonds. The minimum absolute atomic E-state index is 0. The Morgan fingerprint density at radius 1 is 0.438 bits per heavy atom. The number of phenolic OH excluding ortho intramolecular Hbond substituents is 2. The van der Waals surface area contributed by atoms with Crippen molar-refractivity contribution in [3.05, 3.63) is 181 Å². The van der Waals surface area contributed by atoms with Crippen LogP contribution in [0.4, 0.5) is 25.2 Å². The van der Waals surface area contributed by atoms with Gasteiger partial charge in [-0.3, -0.25) is 9.98 Å². The van der Waals surface area contributed by atoms with Crippen LogP contribution in [-0.4, -0.2) is 34.7 Å². The Morgan fingerprint density at radius 3 is 1.12 bits per heavy atom. The molecule has 8 aromatic carbocycles. The summed E-state index contributed by atoms with van der Waals surface area (Å²) in [5.41, 5.74) is 9.25. The largest absolute Gasteiger partial charge is 0.507 e. The molecule has 1 saturated carbocycles. The Kier molecular flexibility index (Phi) is 12.9. The maximum absolute atomic E-state index is 12.0. The molecule has 0 unspecified atom stereocenters. The fourth-order valence-corrected chi connectivity index (χ4v) is 8.39. The summed E-state index contributed by atoms with van der Waals surface area (Å²) in [7, 11) is -10.7. The van der Waals surface area contributed by atoms with Crippen LogP contribution in [-0.2, 0) is 17.1 Å². The number of halogens is 6. The Labute approximate surface area is 377 Å². The van der Waals surface area contributed by atoms with Gasteiger partial charge in [0.05, 0.1) is 12.1 Å². The van der Waals surface area contributed by atoms with Gasteiger partial charge >= 0.3 is 33.0 Å². The van der Waals surface area contributed by atoms with Gasteiger partial charge in [-0.05, 0) is 79.9 Å². The summed E-state index contributed by atoms with van der Waals surface area (Å²) in [6, 6.07) is 57.6. The number of nitrogens with zero attached hydrogens (tertiary/aromatic N) is 2. The van der Waals surface area contributed by atoms with Crippen molar-refractivity contribution >= 4 is 41.8 Å². The molecule has 327 valence electrons. The quantitative estimate of drug-likeness (QED) is 0.0690. The van der Waals surface area contributed by atoms with Crippen LogP contribution in [0.25, 0.3) is 66.1 Å². The number of hydrogen-bond acceptors (Lipinski definition) is 4. The topological polar surface area (TPSA) is 65.2 Å². The summed E-state index contributed by atoms with van der Waals surface area (Å²) in [6.45, 7) is 0. The van der Waals surface area contributed by atoms with Crippen molar-refractivity contribution in [2.24, 2.45) is 9.98 Å². The van der Waals surface area contributed by atoms with E-state index in [0.29, 0.717) is 11.1 Å². The molecular formula is C52H42F6MnN2O2P-. The van der Waals surface area contributed by atoms with Gasteiger partial charge in [0.1, 0.15) is 11.5 Å². The Balaban J connectivity index is 0.000000709. The van der Waals surface area contributed by atoms with Gasteiger partial charge in [0.15, 0.2) is 0 Å². The first-order valence-electron chi connectivity index (χ1n) is 20.5. The first-order valence-corrected chi connectivity index (χ1v) is 22.5. The molecule has 2 atom stereocenters. The van der Waals surface area contributed by atoms with E-state index < -0.39 is 7.81 Å². The van der Waals surface area contributed by atoms with Crippen molar-refractivity contribution in [2.75, 3.05) is 0 Å². The fourth-order valence-electron chi connectivity index (χ4n) is 8.39. The van der Waals surface area contributed by atoms with Crippen molar-refractivity contribution < 1.29 is 52.5 Å². The zero-order valence-electron chi connectivity index (χ0n) is 34.2. The van der Waals surface area contributed by atoms with E-state index in [1.165, 1.54) is 0 Å². The molecule has 9 rings (SSSR count). The van der Waals surface area contributed by atoms with E-state index >= 15 is 0 Å². The van der Waals surface area contributed by atoms with Gasteiger partial charge in [0.2, 0.25) is 0 Å². The summed E-state index contributed by atoms with van der Waals surface area (Å²) in [6.07, 6.45) is 7.62. The second kappa shape index (κ2) is 18.1. The monoisotopic (exact) mass is 926 g/mol. The van der Waals surface area contributed by atoms with E-state index in [9.17, 15) is 35.4 Å². The average Bonchev–Trinajstić information content (AvgIpc) is 3.27. The maximum atomic E-state index is 12.0. The first kappa shape index (κ1) is 45.8. The minimum Gasteiger partial charge on any atom is -0.507 e. The number of aromatic hydroxyl groups is 2. The van der Waals surface area contributed by atoms with Crippen molar-refractivity contribution in [3.63, 3.8) is 0 Å². The molecule has 1 aliphatic rings. The molecule has 2 N–H and O–H groups in total. The maximum Gasteiger partial charge on any atom is 0.132 e. The SMILES string of the molecule is F[P-](F)(F)(F)(F)F.Oc1c(C=N[C@H]2CCCC[C@H]2N=Cc2cc3ccccc3c(-c3ccccc3-c3ccccc3)c2O)cc2ccccc2c1-c1ccccc1-c1ccccc1.[Mn]. The molecule has 0 spiro atoms. The summed E-state index contributed by atoms with van der Waals surface area (Å²) in [4.78, 5) is 10.3. The van der Waals surface area contributed by atoms with Crippen molar-refractivity contribution in [1.82, 2.24) is 0 Å². The minimum atomic E-state index is -10.7. The summed E-state index contributed by atoms with van der Waals surface area (Å²) < 4.78 is 59.2. The van der Waals surface area contributed by atoms with Crippen LogP contribution in [0.15, 0.2) is 180 Å². The third kappa shape index (κ3) is 11.1. The summed E-state index contributed by atoms with van der Waals surface area (Å²) in [5, 5.41) is 28.1. The molecule has 0 heterocycles. The molecule has 0 bridgehead atoms. The Bertz CT molecular complexity index is 2800. The molecule has 12 heteroatoms. The summed E-state index contributed by atoms with van der Waals surface area (Å²) in [5.74, 6) is 0.437. The van der Waals surface area contributed by atoms with Gasteiger partial charge in [-0.2, -0.15) is 0 Å². The zero-order valence-corrected chi connectivity index (χ0v) is 36.3. The van der Waals surface area contributed by atoms with Crippen LogP contribution in [0, 0.1) is 0 Å². The smallest absolute Gasteiger partial charge is 0.132 e. The van der Waals surface area contributed by atoms with Gasteiger partial charge in [0, 0.05) is 51.8 Å².